The van der Waals surface area contributed by atoms with Crippen LogP contribution in [0.15, 0.2) is 18.6 Å². The van der Waals surface area contributed by atoms with E-state index in [0.717, 1.165) is 5.69 Å². The van der Waals surface area contributed by atoms with Gasteiger partial charge in [-0.05, 0) is 6.92 Å². The maximum Gasteiger partial charge on any atom is 0.323 e. The van der Waals surface area contributed by atoms with Crippen LogP contribution < -0.4 is 5.73 Å². The summed E-state index contributed by atoms with van der Waals surface area (Å²) in [6.07, 6.45) is 4.96. The summed E-state index contributed by atoms with van der Waals surface area (Å²) in [4.78, 5) is 19.3. The molecule has 5 nitrogen and oxygen atoms in total. The van der Waals surface area contributed by atoms with Gasteiger partial charge in [0.25, 0.3) is 0 Å². The molecule has 0 spiro atoms. The molecule has 88 valence electrons. The van der Waals surface area contributed by atoms with E-state index in [9.17, 15) is 4.79 Å². The summed E-state index contributed by atoms with van der Waals surface area (Å²) in [6.45, 7) is 2.12. The number of hydrogen-bond donors (Lipinski definition) is 1. The fourth-order valence-electron chi connectivity index (χ4n) is 1.01. The molecule has 0 fully saturated rings. The van der Waals surface area contributed by atoms with E-state index in [1.807, 2.05) is 0 Å². The number of hydrogen-bond acceptors (Lipinski definition) is 6. The number of rotatable bonds is 6. The number of nitrogens with two attached hydrogens (primary N) is 1. The van der Waals surface area contributed by atoms with Crippen LogP contribution in [0.2, 0.25) is 0 Å². The number of carbonyl (C=O) groups is 1. The molecule has 16 heavy (non-hydrogen) atoms. The van der Waals surface area contributed by atoms with Crippen molar-refractivity contribution < 1.29 is 9.53 Å². The lowest BCUT2D eigenvalue weighted by molar-refractivity contribution is -0.144. The Hall–Kier alpha value is -1.14. The number of esters is 1. The van der Waals surface area contributed by atoms with Crippen molar-refractivity contribution in [2.24, 2.45) is 5.73 Å². The quantitative estimate of drug-likeness (QED) is 0.735. The van der Waals surface area contributed by atoms with Crippen molar-refractivity contribution in [3.63, 3.8) is 0 Å². The second kappa shape index (κ2) is 7.19. The lowest BCUT2D eigenvalue weighted by Crippen LogP contribution is -2.34. The summed E-state index contributed by atoms with van der Waals surface area (Å²) < 4.78 is 4.80. The third-order valence-corrected chi connectivity index (χ3v) is 2.85. The lowest BCUT2D eigenvalue weighted by atomic mass is 10.4. The Bertz CT molecular complexity index is 321. The molecule has 1 aromatic rings. The van der Waals surface area contributed by atoms with Crippen molar-refractivity contribution in [1.29, 1.82) is 0 Å². The predicted octanol–water partition coefficient (Wildman–Crippen LogP) is 0.600. The zero-order chi connectivity index (χ0) is 11.8. The molecule has 0 aliphatic rings. The molecule has 0 aliphatic carbocycles. The van der Waals surface area contributed by atoms with Crippen molar-refractivity contribution in [1.82, 2.24) is 9.97 Å². The van der Waals surface area contributed by atoms with Gasteiger partial charge in [-0.1, -0.05) is 0 Å². The number of thioether (sulfide) groups is 1. The van der Waals surface area contributed by atoms with Crippen molar-refractivity contribution in [2.75, 3.05) is 12.4 Å². The molecule has 0 bridgehead atoms. The zero-order valence-electron chi connectivity index (χ0n) is 9.13. The SMILES string of the molecule is CCOC(=O)C(N)CSCc1cnccn1. The Morgan fingerprint density at radius 2 is 2.44 bits per heavy atom. The summed E-state index contributed by atoms with van der Waals surface area (Å²) in [7, 11) is 0. The molecular formula is C10H15N3O2S. The van der Waals surface area contributed by atoms with Crippen molar-refractivity contribution in [2.45, 2.75) is 18.7 Å². The van der Waals surface area contributed by atoms with Crippen LogP contribution in [0.4, 0.5) is 0 Å². The minimum absolute atomic E-state index is 0.353. The van der Waals surface area contributed by atoms with Crippen molar-refractivity contribution in [3.05, 3.63) is 24.3 Å². The molecule has 0 saturated heterocycles. The van der Waals surface area contributed by atoms with Gasteiger partial charge in [-0.15, -0.1) is 0 Å². The number of ether oxygens (including phenoxy) is 1. The standard InChI is InChI=1S/C10H15N3O2S/c1-2-15-10(14)9(11)7-16-6-8-5-12-3-4-13-8/h3-5,9H,2,6-7,11H2,1H3. The maximum atomic E-state index is 11.2. The highest BCUT2D eigenvalue weighted by Crippen LogP contribution is 2.09. The van der Waals surface area contributed by atoms with Crippen molar-refractivity contribution >= 4 is 17.7 Å². The van der Waals surface area contributed by atoms with E-state index >= 15 is 0 Å². The van der Waals surface area contributed by atoms with Gasteiger partial charge in [-0.2, -0.15) is 11.8 Å². The van der Waals surface area contributed by atoms with Gasteiger partial charge in [0.2, 0.25) is 0 Å². The van der Waals surface area contributed by atoms with E-state index < -0.39 is 6.04 Å². The second-order valence-electron chi connectivity index (χ2n) is 3.07. The highest BCUT2D eigenvalue weighted by Gasteiger charge is 2.14. The van der Waals surface area contributed by atoms with E-state index in [4.69, 9.17) is 10.5 Å². The van der Waals surface area contributed by atoms with Crippen LogP contribution in [-0.4, -0.2) is 34.3 Å². The Balaban J connectivity index is 2.23. The molecule has 1 heterocycles. The number of nitrogens with zero attached hydrogens (tertiary/aromatic N) is 2. The summed E-state index contributed by atoms with van der Waals surface area (Å²) in [6, 6.07) is -0.568. The van der Waals surface area contributed by atoms with Crippen LogP contribution in [-0.2, 0) is 15.3 Å². The second-order valence-corrected chi connectivity index (χ2v) is 4.10. The molecule has 0 radical (unpaired) electrons. The average Bonchev–Trinajstić information content (AvgIpc) is 2.30. The first kappa shape index (κ1) is 12.9. The van der Waals surface area contributed by atoms with E-state index in [-0.39, 0.29) is 5.97 Å². The minimum Gasteiger partial charge on any atom is -0.465 e. The Labute approximate surface area is 98.8 Å². The topological polar surface area (TPSA) is 78.1 Å². The third kappa shape index (κ3) is 4.59. The van der Waals surface area contributed by atoms with Gasteiger partial charge >= 0.3 is 5.97 Å². The summed E-state index contributed by atoms with van der Waals surface area (Å²) in [5.74, 6) is 0.866. The molecule has 0 saturated carbocycles. The van der Waals surface area contributed by atoms with Gasteiger partial charge in [0, 0.05) is 30.1 Å². The van der Waals surface area contributed by atoms with Gasteiger partial charge in [0.1, 0.15) is 6.04 Å². The lowest BCUT2D eigenvalue weighted by Gasteiger charge is -2.09. The summed E-state index contributed by atoms with van der Waals surface area (Å²) >= 11 is 1.54. The van der Waals surface area contributed by atoms with Crippen LogP contribution in [0.25, 0.3) is 0 Å². The molecule has 1 aromatic heterocycles. The minimum atomic E-state index is -0.568. The predicted molar refractivity (Wildman–Crippen MR) is 62.8 cm³/mol. The molecule has 1 unspecified atom stereocenters. The van der Waals surface area contributed by atoms with E-state index in [1.165, 1.54) is 0 Å². The number of carbonyl (C=O) groups excluding carboxylic acids is 1. The Morgan fingerprint density at radius 1 is 1.62 bits per heavy atom. The monoisotopic (exact) mass is 241 g/mol. The van der Waals surface area contributed by atoms with Crippen LogP contribution in [0.1, 0.15) is 12.6 Å². The first-order valence-corrected chi connectivity index (χ1v) is 6.14. The van der Waals surface area contributed by atoms with Gasteiger partial charge < -0.3 is 10.5 Å². The van der Waals surface area contributed by atoms with Crippen LogP contribution in [0.5, 0.6) is 0 Å². The highest BCUT2D eigenvalue weighted by molar-refractivity contribution is 7.98. The highest BCUT2D eigenvalue weighted by atomic mass is 32.2. The third-order valence-electron chi connectivity index (χ3n) is 1.75. The van der Waals surface area contributed by atoms with E-state index in [2.05, 4.69) is 9.97 Å². The molecule has 1 atom stereocenters. The molecule has 0 amide bonds. The van der Waals surface area contributed by atoms with Crippen LogP contribution in [0, 0.1) is 0 Å². The molecular weight excluding hydrogens is 226 g/mol. The van der Waals surface area contributed by atoms with Crippen LogP contribution in [0.3, 0.4) is 0 Å². The molecule has 6 heteroatoms. The summed E-state index contributed by atoms with van der Waals surface area (Å²) in [5.41, 5.74) is 6.51. The normalized spacial score (nSPS) is 12.1. The Kier molecular flexibility index (Phi) is 5.81. The van der Waals surface area contributed by atoms with Gasteiger partial charge in [0.15, 0.2) is 0 Å². The van der Waals surface area contributed by atoms with Crippen LogP contribution >= 0.6 is 11.8 Å². The molecule has 0 aromatic carbocycles. The first-order chi connectivity index (χ1) is 7.74. The molecule has 1 rings (SSSR count). The van der Waals surface area contributed by atoms with Gasteiger partial charge in [-0.3, -0.25) is 14.8 Å². The zero-order valence-corrected chi connectivity index (χ0v) is 9.94. The fourth-order valence-corrected chi connectivity index (χ4v) is 1.88. The number of aromatic nitrogens is 2. The van der Waals surface area contributed by atoms with Crippen molar-refractivity contribution in [3.8, 4) is 0 Å². The van der Waals surface area contributed by atoms with E-state index in [1.54, 1.807) is 37.3 Å². The van der Waals surface area contributed by atoms with Gasteiger partial charge in [0.05, 0.1) is 12.3 Å². The maximum absolute atomic E-state index is 11.2. The van der Waals surface area contributed by atoms with E-state index in [0.29, 0.717) is 18.1 Å². The van der Waals surface area contributed by atoms with Gasteiger partial charge in [-0.25, -0.2) is 0 Å². The Morgan fingerprint density at radius 3 is 3.06 bits per heavy atom. The average molecular weight is 241 g/mol. The fraction of sp³-hybridized carbons (Fsp3) is 0.500. The largest absolute Gasteiger partial charge is 0.465 e. The first-order valence-electron chi connectivity index (χ1n) is 4.99. The molecule has 0 aliphatic heterocycles. The summed E-state index contributed by atoms with van der Waals surface area (Å²) in [5, 5.41) is 0. The smallest absolute Gasteiger partial charge is 0.323 e. The molecule has 2 N–H and O–H groups in total.